The molecule has 1 aliphatic rings. The van der Waals surface area contributed by atoms with Gasteiger partial charge in [-0.2, -0.15) is 4.98 Å². The predicted molar refractivity (Wildman–Crippen MR) is 91.0 cm³/mol. The number of benzene rings is 1. The molecule has 3 aromatic rings. The molecule has 7 nitrogen and oxygen atoms in total. The number of phenols is 1. The number of phenolic OH excluding ortho intramolecular Hbond substituents is 1. The van der Waals surface area contributed by atoms with Gasteiger partial charge >= 0.3 is 6.01 Å². The lowest BCUT2D eigenvalue weighted by atomic mass is 10.2. The molecule has 0 amide bonds. The van der Waals surface area contributed by atoms with Gasteiger partial charge in [0.15, 0.2) is 5.82 Å². The largest absolute Gasteiger partial charge is 0.508 e. The minimum atomic E-state index is 0.200. The van der Waals surface area contributed by atoms with E-state index in [4.69, 9.17) is 9.47 Å². The Morgan fingerprint density at radius 1 is 1.16 bits per heavy atom. The van der Waals surface area contributed by atoms with Gasteiger partial charge in [0.1, 0.15) is 5.75 Å². The van der Waals surface area contributed by atoms with Gasteiger partial charge in [0, 0.05) is 11.6 Å². The van der Waals surface area contributed by atoms with Crippen molar-refractivity contribution in [2.75, 3.05) is 13.7 Å². The monoisotopic (exact) mass is 338 g/mol. The molecule has 7 heteroatoms. The number of methoxy groups -OCH3 is 1. The number of hydrogen-bond acceptors (Lipinski definition) is 6. The van der Waals surface area contributed by atoms with Crippen LogP contribution in [-0.4, -0.2) is 38.6 Å². The van der Waals surface area contributed by atoms with Crippen LogP contribution in [0.25, 0.3) is 17.1 Å². The van der Waals surface area contributed by atoms with E-state index >= 15 is 0 Å². The molecule has 2 aromatic heterocycles. The van der Waals surface area contributed by atoms with Crippen LogP contribution in [0.2, 0.25) is 0 Å². The van der Waals surface area contributed by atoms with Crippen LogP contribution in [0.1, 0.15) is 12.8 Å². The van der Waals surface area contributed by atoms with Crippen LogP contribution < -0.4 is 9.47 Å². The molecule has 1 saturated carbocycles. The van der Waals surface area contributed by atoms with Crippen molar-refractivity contribution in [2.45, 2.75) is 12.8 Å². The van der Waals surface area contributed by atoms with E-state index in [1.54, 1.807) is 48.3 Å². The number of hydrogen-bond donors (Lipinski definition) is 1. The summed E-state index contributed by atoms with van der Waals surface area (Å²) in [7, 11) is 1.57. The first-order valence-electron chi connectivity index (χ1n) is 8.12. The first kappa shape index (κ1) is 15.4. The highest BCUT2D eigenvalue weighted by Gasteiger charge is 2.23. The molecule has 0 radical (unpaired) electrons. The van der Waals surface area contributed by atoms with Crippen molar-refractivity contribution in [3.8, 4) is 34.7 Å². The first-order chi connectivity index (χ1) is 12.2. The molecule has 2 heterocycles. The van der Waals surface area contributed by atoms with Gasteiger partial charge in [-0.3, -0.25) is 0 Å². The van der Waals surface area contributed by atoms with Gasteiger partial charge in [0.05, 0.1) is 25.6 Å². The summed E-state index contributed by atoms with van der Waals surface area (Å²) >= 11 is 0. The van der Waals surface area contributed by atoms with E-state index in [1.165, 1.54) is 12.8 Å². The molecule has 1 aromatic carbocycles. The van der Waals surface area contributed by atoms with Crippen molar-refractivity contribution in [3.63, 3.8) is 0 Å². The van der Waals surface area contributed by atoms with Gasteiger partial charge in [-0.1, -0.05) is 0 Å². The van der Waals surface area contributed by atoms with Crippen LogP contribution in [0.4, 0.5) is 0 Å². The molecule has 1 fully saturated rings. The zero-order valence-corrected chi connectivity index (χ0v) is 13.8. The standard InChI is InChI=1S/C18H18N4O3/c1-24-16-9-6-14(10-19-16)22-17(13-4-7-15(23)8-5-13)20-18(21-22)25-11-12-2-3-12/h4-10,12,23H,2-3,11H2,1H3. The Kier molecular flexibility index (Phi) is 3.97. The fraction of sp³-hybridized carbons (Fsp3) is 0.278. The van der Waals surface area contributed by atoms with E-state index in [9.17, 15) is 5.11 Å². The summed E-state index contributed by atoms with van der Waals surface area (Å²) in [5, 5.41) is 14.0. The van der Waals surface area contributed by atoms with Crippen LogP contribution in [0, 0.1) is 5.92 Å². The van der Waals surface area contributed by atoms with Crippen LogP contribution in [-0.2, 0) is 0 Å². The average molecular weight is 338 g/mol. The molecule has 0 unspecified atom stereocenters. The van der Waals surface area contributed by atoms with E-state index in [0.29, 0.717) is 30.2 Å². The molecule has 25 heavy (non-hydrogen) atoms. The number of rotatable bonds is 6. The van der Waals surface area contributed by atoms with Crippen molar-refractivity contribution in [1.29, 1.82) is 0 Å². The second-order valence-corrected chi connectivity index (χ2v) is 5.99. The normalized spacial score (nSPS) is 13.6. The molecule has 1 N–H and O–H groups in total. The number of aromatic nitrogens is 4. The third-order valence-corrected chi connectivity index (χ3v) is 4.03. The molecule has 0 bridgehead atoms. The zero-order chi connectivity index (χ0) is 17.2. The van der Waals surface area contributed by atoms with Gasteiger partial charge in [-0.25, -0.2) is 9.67 Å². The molecule has 4 rings (SSSR count). The summed E-state index contributed by atoms with van der Waals surface area (Å²) in [6.07, 6.45) is 4.07. The SMILES string of the molecule is COc1ccc(-n2nc(OCC3CC3)nc2-c2ccc(O)cc2)cn1. The summed E-state index contributed by atoms with van der Waals surface area (Å²) in [4.78, 5) is 8.74. The highest BCUT2D eigenvalue weighted by Crippen LogP contribution is 2.30. The number of pyridine rings is 1. The van der Waals surface area contributed by atoms with Crippen molar-refractivity contribution < 1.29 is 14.6 Å². The second-order valence-electron chi connectivity index (χ2n) is 5.99. The highest BCUT2D eigenvalue weighted by atomic mass is 16.5. The molecular formula is C18H18N4O3. The van der Waals surface area contributed by atoms with Crippen LogP contribution >= 0.6 is 0 Å². The predicted octanol–water partition coefficient (Wildman–Crippen LogP) is 2.83. The Morgan fingerprint density at radius 2 is 1.96 bits per heavy atom. The lowest BCUT2D eigenvalue weighted by Gasteiger charge is -2.06. The minimum absolute atomic E-state index is 0.200. The summed E-state index contributed by atoms with van der Waals surface area (Å²) in [5.74, 6) is 1.97. The molecule has 0 spiro atoms. The van der Waals surface area contributed by atoms with Gasteiger partial charge in [0.2, 0.25) is 5.88 Å². The van der Waals surface area contributed by atoms with E-state index < -0.39 is 0 Å². The third kappa shape index (κ3) is 3.40. The molecule has 128 valence electrons. The fourth-order valence-corrected chi connectivity index (χ4v) is 2.43. The summed E-state index contributed by atoms with van der Waals surface area (Å²) in [5.41, 5.74) is 1.57. The molecule has 1 aliphatic carbocycles. The molecule has 0 atom stereocenters. The Morgan fingerprint density at radius 3 is 2.60 bits per heavy atom. The topological polar surface area (TPSA) is 82.3 Å². The maximum atomic E-state index is 9.51. The molecule has 0 saturated heterocycles. The van der Waals surface area contributed by atoms with Gasteiger partial charge in [-0.05, 0) is 49.1 Å². The maximum Gasteiger partial charge on any atom is 0.336 e. The van der Waals surface area contributed by atoms with Gasteiger partial charge in [0.25, 0.3) is 0 Å². The number of nitrogens with zero attached hydrogens (tertiary/aromatic N) is 4. The van der Waals surface area contributed by atoms with Crippen molar-refractivity contribution >= 4 is 0 Å². The van der Waals surface area contributed by atoms with Crippen molar-refractivity contribution in [2.24, 2.45) is 5.92 Å². The Labute approximate surface area is 144 Å². The number of ether oxygens (including phenoxy) is 2. The van der Waals surface area contributed by atoms with Crippen LogP contribution in [0.5, 0.6) is 17.6 Å². The lowest BCUT2D eigenvalue weighted by Crippen LogP contribution is -2.02. The minimum Gasteiger partial charge on any atom is -0.508 e. The van der Waals surface area contributed by atoms with E-state index in [2.05, 4.69) is 15.1 Å². The Bertz CT molecular complexity index is 855. The highest BCUT2D eigenvalue weighted by molar-refractivity contribution is 5.59. The van der Waals surface area contributed by atoms with E-state index in [1.807, 2.05) is 6.07 Å². The third-order valence-electron chi connectivity index (χ3n) is 4.03. The number of aromatic hydroxyl groups is 1. The second kappa shape index (κ2) is 6.43. The molecular weight excluding hydrogens is 320 g/mol. The Balaban J connectivity index is 1.71. The summed E-state index contributed by atoms with van der Waals surface area (Å²) in [6, 6.07) is 10.8. The van der Waals surface area contributed by atoms with E-state index in [0.717, 1.165) is 11.3 Å². The average Bonchev–Trinajstić information content (AvgIpc) is 3.39. The quantitative estimate of drug-likeness (QED) is 0.744. The zero-order valence-electron chi connectivity index (χ0n) is 13.8. The van der Waals surface area contributed by atoms with Crippen molar-refractivity contribution in [3.05, 3.63) is 42.6 Å². The smallest absolute Gasteiger partial charge is 0.336 e. The first-order valence-corrected chi connectivity index (χ1v) is 8.12. The molecule has 0 aliphatic heterocycles. The van der Waals surface area contributed by atoms with Crippen LogP contribution in [0.15, 0.2) is 42.6 Å². The van der Waals surface area contributed by atoms with Gasteiger partial charge < -0.3 is 14.6 Å². The Hall–Kier alpha value is -3.09. The maximum absolute atomic E-state index is 9.51. The summed E-state index contributed by atoms with van der Waals surface area (Å²) < 4.78 is 12.5. The van der Waals surface area contributed by atoms with Crippen LogP contribution in [0.3, 0.4) is 0 Å². The van der Waals surface area contributed by atoms with Crippen molar-refractivity contribution in [1.82, 2.24) is 19.7 Å². The fourth-order valence-electron chi connectivity index (χ4n) is 2.43. The lowest BCUT2D eigenvalue weighted by molar-refractivity contribution is 0.276. The van der Waals surface area contributed by atoms with E-state index in [-0.39, 0.29) is 5.75 Å². The summed E-state index contributed by atoms with van der Waals surface area (Å²) in [6.45, 7) is 0.639. The van der Waals surface area contributed by atoms with Gasteiger partial charge in [-0.15, -0.1) is 5.10 Å².